The zero-order chi connectivity index (χ0) is 7.40. The molecule has 0 aliphatic rings. The minimum Gasteiger partial charge on any atom is -0.401 e. The molecule has 0 bridgehead atoms. The summed E-state index contributed by atoms with van der Waals surface area (Å²) in [5.74, 6) is 0.555. The molecule has 1 aromatic rings. The third kappa shape index (κ3) is 1.53. The van der Waals surface area contributed by atoms with Gasteiger partial charge in [0.1, 0.15) is 0 Å². The van der Waals surface area contributed by atoms with E-state index in [1.165, 1.54) is 0 Å². The van der Waals surface area contributed by atoms with Gasteiger partial charge in [0, 0.05) is 6.07 Å². The summed E-state index contributed by atoms with van der Waals surface area (Å²) in [4.78, 5) is 0. The van der Waals surface area contributed by atoms with Gasteiger partial charge in [-0.05, 0) is 6.07 Å². The van der Waals surface area contributed by atoms with Crippen LogP contribution in [-0.2, 0) is 4.57 Å². The van der Waals surface area contributed by atoms with E-state index in [-0.39, 0.29) is 8.69 Å². The Labute approximate surface area is 60.1 Å². The predicted octanol–water partition coefficient (Wildman–Crippen LogP) is 1.15. The number of quaternary nitrogens is 1. The average molecular weight is 156 g/mol. The van der Waals surface area contributed by atoms with Crippen LogP contribution in [0.2, 0.25) is 0 Å². The summed E-state index contributed by atoms with van der Waals surface area (Å²) < 4.78 is 14.7. The first-order valence-electron chi connectivity index (χ1n) is 2.75. The molecule has 3 N–H and O–H groups in total. The van der Waals surface area contributed by atoms with Gasteiger partial charge in [-0.1, -0.05) is 12.1 Å². The molecule has 0 amide bonds. The lowest BCUT2D eigenvalue weighted by atomic mass is 10.3. The Bertz CT molecular complexity index is 239. The number of benzene rings is 1. The van der Waals surface area contributed by atoms with Gasteiger partial charge < -0.3 is 10.3 Å². The number of rotatable bonds is 2. The third-order valence-corrected chi connectivity index (χ3v) is 1.38. The van der Waals surface area contributed by atoms with Gasteiger partial charge in [0.15, 0.2) is 11.4 Å². The van der Waals surface area contributed by atoms with Crippen LogP contribution < -0.4 is 10.3 Å². The van der Waals surface area contributed by atoms with Gasteiger partial charge in [0.05, 0.1) is 0 Å². The quantitative estimate of drug-likeness (QED) is 0.653. The maximum Gasteiger partial charge on any atom is 0.396 e. The molecule has 0 aliphatic heterocycles. The SMILES string of the molecule is [NH3+]c1ccccc1OP=O. The molecule has 0 spiro atoms. The van der Waals surface area contributed by atoms with Crippen LogP contribution in [0.4, 0.5) is 5.69 Å². The molecule has 4 heteroatoms. The molecule has 10 heavy (non-hydrogen) atoms. The first-order chi connectivity index (χ1) is 4.84. The fraction of sp³-hybridized carbons (Fsp3) is 0. The smallest absolute Gasteiger partial charge is 0.396 e. The van der Waals surface area contributed by atoms with Crippen LogP contribution in [0.25, 0.3) is 0 Å². The molecule has 1 rings (SSSR count). The van der Waals surface area contributed by atoms with Crippen molar-refractivity contribution in [3.8, 4) is 5.75 Å². The van der Waals surface area contributed by atoms with Gasteiger partial charge in [0.25, 0.3) is 0 Å². The van der Waals surface area contributed by atoms with Crippen LogP contribution >= 0.6 is 8.69 Å². The summed E-state index contributed by atoms with van der Waals surface area (Å²) >= 11 is 0. The van der Waals surface area contributed by atoms with Gasteiger partial charge in [0.2, 0.25) is 0 Å². The minimum absolute atomic E-state index is 0.340. The predicted molar refractivity (Wildman–Crippen MR) is 37.2 cm³/mol. The molecule has 0 saturated carbocycles. The maximum atomic E-state index is 9.97. The zero-order valence-electron chi connectivity index (χ0n) is 5.28. The van der Waals surface area contributed by atoms with Gasteiger partial charge >= 0.3 is 8.69 Å². The Balaban J connectivity index is 2.91. The molecule has 0 heterocycles. The molecule has 0 atom stereocenters. The van der Waals surface area contributed by atoms with E-state index in [4.69, 9.17) is 4.52 Å². The highest BCUT2D eigenvalue weighted by atomic mass is 31.1. The molecule has 0 aliphatic carbocycles. The first kappa shape index (κ1) is 7.19. The van der Waals surface area contributed by atoms with Crippen molar-refractivity contribution in [3.05, 3.63) is 24.3 Å². The Morgan fingerprint density at radius 2 is 2.10 bits per heavy atom. The van der Waals surface area contributed by atoms with Crippen molar-refractivity contribution in [1.29, 1.82) is 0 Å². The lowest BCUT2D eigenvalue weighted by Gasteiger charge is -1.94. The Morgan fingerprint density at radius 3 is 2.70 bits per heavy atom. The summed E-state index contributed by atoms with van der Waals surface area (Å²) in [6.07, 6.45) is 0. The minimum atomic E-state index is -0.340. The van der Waals surface area contributed by atoms with Crippen molar-refractivity contribution < 1.29 is 14.8 Å². The number of para-hydroxylation sites is 1. The lowest BCUT2D eigenvalue weighted by Crippen LogP contribution is -2.40. The van der Waals surface area contributed by atoms with Crippen molar-refractivity contribution in [2.75, 3.05) is 0 Å². The van der Waals surface area contributed by atoms with E-state index in [0.717, 1.165) is 5.69 Å². The van der Waals surface area contributed by atoms with E-state index in [0.29, 0.717) is 5.75 Å². The van der Waals surface area contributed by atoms with Gasteiger partial charge in [-0.25, -0.2) is 4.57 Å². The summed E-state index contributed by atoms with van der Waals surface area (Å²) in [5, 5.41) is 0. The first-order valence-corrected chi connectivity index (χ1v) is 3.48. The molecular weight excluding hydrogens is 149 g/mol. The van der Waals surface area contributed by atoms with E-state index >= 15 is 0 Å². The molecule has 0 fully saturated rings. The van der Waals surface area contributed by atoms with Crippen LogP contribution in [0.5, 0.6) is 5.75 Å². The van der Waals surface area contributed by atoms with Gasteiger partial charge in [-0.2, -0.15) is 0 Å². The largest absolute Gasteiger partial charge is 0.401 e. The highest BCUT2D eigenvalue weighted by Crippen LogP contribution is 2.20. The fourth-order valence-corrected chi connectivity index (χ4v) is 0.891. The Hall–Kier alpha value is -0.920. The number of hydrogen-bond acceptors (Lipinski definition) is 2. The molecule has 3 nitrogen and oxygen atoms in total. The summed E-state index contributed by atoms with van der Waals surface area (Å²) in [5.41, 5.74) is 4.41. The maximum absolute atomic E-state index is 9.97. The van der Waals surface area contributed by atoms with Crippen LogP contribution in [0.1, 0.15) is 0 Å². The molecule has 0 saturated heterocycles. The van der Waals surface area contributed by atoms with E-state index in [1.54, 1.807) is 18.2 Å². The topological polar surface area (TPSA) is 53.9 Å². The highest BCUT2D eigenvalue weighted by Gasteiger charge is 1.99. The van der Waals surface area contributed by atoms with Crippen molar-refractivity contribution in [2.24, 2.45) is 0 Å². The van der Waals surface area contributed by atoms with E-state index in [9.17, 15) is 4.57 Å². The highest BCUT2D eigenvalue weighted by molar-refractivity contribution is 7.17. The molecule has 0 unspecified atom stereocenters. The average Bonchev–Trinajstić information content (AvgIpc) is 1.94. The zero-order valence-corrected chi connectivity index (χ0v) is 6.17. The monoisotopic (exact) mass is 156 g/mol. The van der Waals surface area contributed by atoms with Crippen molar-refractivity contribution in [3.63, 3.8) is 0 Å². The normalized spacial score (nSPS) is 9.70. The van der Waals surface area contributed by atoms with Gasteiger partial charge in [-0.3, -0.25) is 0 Å². The second-order valence-corrected chi connectivity index (χ2v) is 2.11. The summed E-state index contributed by atoms with van der Waals surface area (Å²) in [6.45, 7) is 0. The number of hydrogen-bond donors (Lipinski definition) is 1. The fourth-order valence-electron chi connectivity index (χ4n) is 0.633. The van der Waals surface area contributed by atoms with Crippen molar-refractivity contribution in [1.82, 2.24) is 0 Å². The molecule has 1 aromatic carbocycles. The van der Waals surface area contributed by atoms with Crippen LogP contribution in [0, 0.1) is 0 Å². The van der Waals surface area contributed by atoms with Crippen LogP contribution in [0.3, 0.4) is 0 Å². The van der Waals surface area contributed by atoms with E-state index in [2.05, 4.69) is 5.73 Å². The second kappa shape index (κ2) is 3.30. The standard InChI is InChI=1S/C6H6NO2P/c7-5-3-1-2-4-6(5)9-10-8/h1-4H,7H2/p+1. The van der Waals surface area contributed by atoms with Crippen LogP contribution in [0.15, 0.2) is 24.3 Å². The molecule has 0 aromatic heterocycles. The Kier molecular flexibility index (Phi) is 2.37. The van der Waals surface area contributed by atoms with Crippen molar-refractivity contribution in [2.45, 2.75) is 0 Å². The molecule has 0 radical (unpaired) electrons. The van der Waals surface area contributed by atoms with E-state index in [1.807, 2.05) is 6.07 Å². The molecule has 52 valence electrons. The summed E-state index contributed by atoms with van der Waals surface area (Å²) in [7, 11) is -0.340. The second-order valence-electron chi connectivity index (χ2n) is 1.77. The van der Waals surface area contributed by atoms with Crippen molar-refractivity contribution >= 4 is 14.4 Å². The van der Waals surface area contributed by atoms with Gasteiger partial charge in [-0.15, -0.1) is 0 Å². The van der Waals surface area contributed by atoms with Crippen LogP contribution in [-0.4, -0.2) is 0 Å². The third-order valence-electron chi connectivity index (χ3n) is 1.11. The van der Waals surface area contributed by atoms with E-state index < -0.39 is 0 Å². The summed E-state index contributed by atoms with van der Waals surface area (Å²) in [6, 6.07) is 7.15. The Morgan fingerprint density at radius 1 is 1.40 bits per heavy atom. The lowest BCUT2D eigenvalue weighted by molar-refractivity contribution is -0.255. The molecular formula is C6H7NO2P+.